The van der Waals surface area contributed by atoms with Gasteiger partial charge in [0.15, 0.2) is 0 Å². The molecule has 5 heteroatoms. The van der Waals surface area contributed by atoms with Gasteiger partial charge in [-0.3, -0.25) is 9.00 Å². The van der Waals surface area contributed by atoms with Crippen LogP contribution in [-0.4, -0.2) is 27.1 Å². The lowest BCUT2D eigenvalue weighted by atomic mass is 10.1. The maximum atomic E-state index is 11.1. The van der Waals surface area contributed by atoms with E-state index in [2.05, 4.69) is 0 Å². The van der Waals surface area contributed by atoms with Gasteiger partial charge in [-0.2, -0.15) is 0 Å². The predicted octanol–water partition coefficient (Wildman–Crippen LogP) is 0.599. The summed E-state index contributed by atoms with van der Waals surface area (Å²) in [4.78, 5) is 11.1. The van der Waals surface area contributed by atoms with Gasteiger partial charge in [0.05, 0.1) is 13.0 Å². The molecule has 0 N–H and O–H groups in total. The largest absolute Gasteiger partial charge is 0.772 e. The summed E-state index contributed by atoms with van der Waals surface area (Å²) < 4.78 is 25.6. The third-order valence-electron chi connectivity index (χ3n) is 2.21. The van der Waals surface area contributed by atoms with Crippen LogP contribution in [0.3, 0.4) is 0 Å². The van der Waals surface area contributed by atoms with Crippen molar-refractivity contribution < 1.29 is 18.3 Å². The van der Waals surface area contributed by atoms with Gasteiger partial charge in [0.25, 0.3) is 0 Å². The minimum Gasteiger partial charge on any atom is -0.772 e. The molecule has 1 fully saturated rings. The van der Waals surface area contributed by atoms with Crippen LogP contribution in [0.4, 0.5) is 0 Å². The van der Waals surface area contributed by atoms with Gasteiger partial charge in [-0.15, -0.1) is 0 Å². The smallest absolute Gasteiger partial charge is 0.306 e. The van der Waals surface area contributed by atoms with Gasteiger partial charge in [0.1, 0.15) is 0 Å². The molecule has 0 aromatic carbocycles. The van der Waals surface area contributed by atoms with E-state index in [0.717, 1.165) is 12.8 Å². The highest BCUT2D eigenvalue weighted by Crippen LogP contribution is 2.49. The van der Waals surface area contributed by atoms with Crippen LogP contribution in [0.1, 0.15) is 26.2 Å². The SMILES string of the molecule is CCOC(=O)CC1(CS(=O)[O-])CC1. The predicted molar refractivity (Wildman–Crippen MR) is 46.7 cm³/mol. The van der Waals surface area contributed by atoms with E-state index >= 15 is 0 Å². The van der Waals surface area contributed by atoms with Crippen molar-refractivity contribution in [1.29, 1.82) is 0 Å². The Balaban J connectivity index is 2.34. The Kier molecular flexibility index (Phi) is 3.44. The fourth-order valence-corrected chi connectivity index (χ4v) is 2.21. The summed E-state index contributed by atoms with van der Waals surface area (Å²) in [7, 11) is 0. The van der Waals surface area contributed by atoms with Gasteiger partial charge in [-0.05, 0) is 25.2 Å². The van der Waals surface area contributed by atoms with E-state index in [1.54, 1.807) is 6.92 Å². The summed E-state index contributed by atoms with van der Waals surface area (Å²) in [6.07, 6.45) is 1.88. The number of ether oxygens (including phenoxy) is 1. The normalized spacial score (nSPS) is 20.8. The topological polar surface area (TPSA) is 66.4 Å². The van der Waals surface area contributed by atoms with Crippen LogP contribution < -0.4 is 0 Å². The van der Waals surface area contributed by atoms with Crippen molar-refractivity contribution in [2.24, 2.45) is 5.41 Å². The van der Waals surface area contributed by atoms with E-state index in [-0.39, 0.29) is 23.6 Å². The third kappa shape index (κ3) is 3.44. The van der Waals surface area contributed by atoms with Crippen LogP contribution in [0, 0.1) is 5.41 Å². The zero-order valence-corrected chi connectivity index (χ0v) is 8.39. The molecule has 1 unspecified atom stereocenters. The molecule has 1 rings (SSSR count). The monoisotopic (exact) mass is 205 g/mol. The molecule has 0 heterocycles. The van der Waals surface area contributed by atoms with E-state index in [1.807, 2.05) is 0 Å². The molecule has 1 saturated carbocycles. The summed E-state index contributed by atoms with van der Waals surface area (Å²) in [5.74, 6) is -0.198. The summed E-state index contributed by atoms with van der Waals surface area (Å²) in [5.41, 5.74) is -0.293. The first-order chi connectivity index (χ1) is 6.08. The van der Waals surface area contributed by atoms with Crippen molar-refractivity contribution in [2.75, 3.05) is 12.4 Å². The molecule has 0 amide bonds. The number of carbonyl (C=O) groups excluding carboxylic acids is 1. The molecule has 1 aliphatic carbocycles. The summed E-state index contributed by atoms with van der Waals surface area (Å²) in [6.45, 7) is 2.10. The molecule has 0 saturated heterocycles. The number of esters is 1. The van der Waals surface area contributed by atoms with E-state index < -0.39 is 11.1 Å². The molecule has 4 nitrogen and oxygen atoms in total. The van der Waals surface area contributed by atoms with Gasteiger partial charge in [-0.25, -0.2) is 0 Å². The molecular formula is C8H13O4S-. The molecule has 0 aliphatic heterocycles. The number of hydrogen-bond donors (Lipinski definition) is 0. The minimum absolute atomic E-state index is 0.0891. The standard InChI is InChI=1S/C8H14O4S/c1-2-12-7(9)5-8(3-4-8)6-13(10)11/h2-6H2,1H3,(H,10,11)/p-1. The summed E-state index contributed by atoms with van der Waals surface area (Å²) >= 11 is -2.05. The van der Waals surface area contributed by atoms with Gasteiger partial charge >= 0.3 is 5.97 Å². The molecule has 76 valence electrons. The molecular weight excluding hydrogens is 192 g/mol. The highest BCUT2D eigenvalue weighted by Gasteiger charge is 2.44. The van der Waals surface area contributed by atoms with Crippen LogP contribution in [0.2, 0.25) is 0 Å². The maximum Gasteiger partial charge on any atom is 0.306 e. The first-order valence-electron chi connectivity index (χ1n) is 4.29. The fourth-order valence-electron chi connectivity index (χ4n) is 1.32. The second-order valence-corrected chi connectivity index (χ2v) is 4.33. The first-order valence-corrected chi connectivity index (χ1v) is 5.54. The van der Waals surface area contributed by atoms with Crippen molar-refractivity contribution in [1.82, 2.24) is 0 Å². The van der Waals surface area contributed by atoms with Gasteiger partial charge in [0, 0.05) is 5.75 Å². The lowest BCUT2D eigenvalue weighted by Gasteiger charge is -2.15. The minimum atomic E-state index is -2.05. The Hall–Kier alpha value is -0.420. The highest BCUT2D eigenvalue weighted by molar-refractivity contribution is 7.79. The number of carbonyl (C=O) groups is 1. The number of hydrogen-bond acceptors (Lipinski definition) is 4. The Labute approximate surface area is 79.9 Å². The second-order valence-electron chi connectivity index (χ2n) is 3.43. The van der Waals surface area contributed by atoms with Crippen molar-refractivity contribution in [2.45, 2.75) is 26.2 Å². The van der Waals surface area contributed by atoms with Crippen molar-refractivity contribution >= 4 is 17.0 Å². The molecule has 1 aliphatic rings. The molecule has 13 heavy (non-hydrogen) atoms. The van der Waals surface area contributed by atoms with E-state index in [1.165, 1.54) is 0 Å². The Bertz CT molecular complexity index is 222. The van der Waals surface area contributed by atoms with Crippen LogP contribution in [0.25, 0.3) is 0 Å². The molecule has 0 spiro atoms. The van der Waals surface area contributed by atoms with Crippen LogP contribution >= 0.6 is 0 Å². The average molecular weight is 205 g/mol. The van der Waals surface area contributed by atoms with Crippen molar-refractivity contribution in [3.05, 3.63) is 0 Å². The van der Waals surface area contributed by atoms with Crippen molar-refractivity contribution in [3.8, 4) is 0 Å². The third-order valence-corrected chi connectivity index (χ3v) is 3.05. The van der Waals surface area contributed by atoms with Gasteiger partial charge in [0.2, 0.25) is 0 Å². The Morgan fingerprint density at radius 2 is 2.23 bits per heavy atom. The van der Waals surface area contributed by atoms with E-state index in [4.69, 9.17) is 4.74 Å². The van der Waals surface area contributed by atoms with Crippen LogP contribution in [0.15, 0.2) is 0 Å². The van der Waals surface area contributed by atoms with E-state index in [0.29, 0.717) is 6.61 Å². The molecule has 0 bridgehead atoms. The fraction of sp³-hybridized carbons (Fsp3) is 0.875. The lowest BCUT2D eigenvalue weighted by Crippen LogP contribution is -2.18. The zero-order valence-electron chi connectivity index (χ0n) is 7.58. The van der Waals surface area contributed by atoms with Gasteiger partial charge in [-0.1, -0.05) is 11.1 Å². The molecule has 0 radical (unpaired) electrons. The Morgan fingerprint density at radius 3 is 2.62 bits per heavy atom. The second kappa shape index (κ2) is 4.19. The summed E-state index contributed by atoms with van der Waals surface area (Å²) in [6, 6.07) is 0. The summed E-state index contributed by atoms with van der Waals surface area (Å²) in [5, 5.41) is 0. The zero-order chi connectivity index (χ0) is 9.90. The molecule has 1 atom stereocenters. The van der Waals surface area contributed by atoms with Gasteiger partial charge < -0.3 is 9.29 Å². The molecule has 0 aromatic rings. The number of rotatable bonds is 5. The average Bonchev–Trinajstić information content (AvgIpc) is 2.67. The Morgan fingerprint density at radius 1 is 1.62 bits per heavy atom. The lowest BCUT2D eigenvalue weighted by molar-refractivity contribution is -0.144. The maximum absolute atomic E-state index is 11.1. The molecule has 0 aromatic heterocycles. The first kappa shape index (κ1) is 10.7. The van der Waals surface area contributed by atoms with Crippen LogP contribution in [0.5, 0.6) is 0 Å². The quantitative estimate of drug-likeness (QED) is 0.487. The van der Waals surface area contributed by atoms with E-state index in [9.17, 15) is 13.6 Å². The highest BCUT2D eigenvalue weighted by atomic mass is 32.2. The van der Waals surface area contributed by atoms with Crippen LogP contribution in [-0.2, 0) is 20.6 Å². The van der Waals surface area contributed by atoms with Crippen molar-refractivity contribution in [3.63, 3.8) is 0 Å².